The maximum absolute atomic E-state index is 14.3. The van der Waals surface area contributed by atoms with Crippen molar-refractivity contribution >= 4 is 34.8 Å². The van der Waals surface area contributed by atoms with Gasteiger partial charge in [0.05, 0.1) is 14.9 Å². The number of piperidine rings is 1. The number of rotatable bonds is 3. The summed E-state index contributed by atoms with van der Waals surface area (Å²) in [6.07, 6.45) is 0.916. The number of amides is 2. The van der Waals surface area contributed by atoms with Crippen molar-refractivity contribution < 1.29 is 14.0 Å². The SMILES string of the molecule is Cc1nc(C(=O)N2C[C@@H]3C[C@@H]3[C@H]2C(N)=O)c(-c2c(F)cccc2Cl)s1. The first kappa shape index (κ1) is 16.5. The average Bonchev–Trinajstić information content (AvgIpc) is 3.02. The van der Waals surface area contributed by atoms with E-state index in [0.29, 0.717) is 22.3 Å². The third-order valence-electron chi connectivity index (χ3n) is 4.83. The molecule has 0 radical (unpaired) electrons. The maximum Gasteiger partial charge on any atom is 0.274 e. The van der Waals surface area contributed by atoms with Crippen LogP contribution in [-0.4, -0.2) is 34.3 Å². The second-order valence-electron chi connectivity index (χ2n) is 6.47. The average molecular weight is 380 g/mol. The van der Waals surface area contributed by atoms with E-state index in [4.69, 9.17) is 17.3 Å². The lowest BCUT2D eigenvalue weighted by Crippen LogP contribution is -2.46. The molecule has 1 aromatic carbocycles. The Kier molecular flexibility index (Phi) is 3.81. The molecule has 1 aromatic heterocycles. The molecule has 0 bridgehead atoms. The second-order valence-corrected chi connectivity index (χ2v) is 8.08. The monoisotopic (exact) mass is 379 g/mol. The number of aryl methyl sites for hydroxylation is 1. The van der Waals surface area contributed by atoms with Gasteiger partial charge in [0.1, 0.15) is 17.6 Å². The maximum atomic E-state index is 14.3. The van der Waals surface area contributed by atoms with Gasteiger partial charge in [-0.2, -0.15) is 0 Å². The summed E-state index contributed by atoms with van der Waals surface area (Å²) in [7, 11) is 0. The quantitative estimate of drug-likeness (QED) is 0.890. The minimum atomic E-state index is -0.608. The molecule has 2 fully saturated rings. The third kappa shape index (κ3) is 2.62. The third-order valence-corrected chi connectivity index (χ3v) is 6.13. The Morgan fingerprint density at radius 3 is 2.88 bits per heavy atom. The lowest BCUT2D eigenvalue weighted by molar-refractivity contribution is -0.122. The van der Waals surface area contributed by atoms with Gasteiger partial charge in [0.2, 0.25) is 5.91 Å². The fourth-order valence-corrected chi connectivity index (χ4v) is 4.92. The highest BCUT2D eigenvalue weighted by atomic mass is 35.5. The van der Waals surface area contributed by atoms with Crippen LogP contribution in [0.2, 0.25) is 5.02 Å². The Labute approximate surface area is 152 Å². The molecule has 3 atom stereocenters. The van der Waals surface area contributed by atoms with Gasteiger partial charge in [0.15, 0.2) is 0 Å². The minimum absolute atomic E-state index is 0.127. The van der Waals surface area contributed by atoms with Crippen LogP contribution >= 0.6 is 22.9 Å². The molecule has 130 valence electrons. The Morgan fingerprint density at radius 2 is 2.20 bits per heavy atom. The van der Waals surface area contributed by atoms with Crippen molar-refractivity contribution in [2.24, 2.45) is 17.6 Å². The number of nitrogens with zero attached hydrogens (tertiary/aromatic N) is 2. The van der Waals surface area contributed by atoms with Gasteiger partial charge in [-0.3, -0.25) is 9.59 Å². The lowest BCUT2D eigenvalue weighted by Gasteiger charge is -2.24. The van der Waals surface area contributed by atoms with Crippen LogP contribution < -0.4 is 5.73 Å². The highest BCUT2D eigenvalue weighted by Gasteiger charge is 2.56. The molecule has 1 saturated heterocycles. The van der Waals surface area contributed by atoms with Crippen LogP contribution in [0.25, 0.3) is 10.4 Å². The summed E-state index contributed by atoms with van der Waals surface area (Å²) >= 11 is 7.36. The van der Waals surface area contributed by atoms with Crippen LogP contribution in [0.1, 0.15) is 21.9 Å². The van der Waals surface area contributed by atoms with Crippen molar-refractivity contribution in [1.82, 2.24) is 9.88 Å². The summed E-state index contributed by atoms with van der Waals surface area (Å²) in [5, 5.41) is 0.839. The molecule has 2 aromatic rings. The molecule has 2 amide bonds. The van der Waals surface area contributed by atoms with Gasteiger partial charge < -0.3 is 10.6 Å². The zero-order chi connectivity index (χ0) is 17.9. The van der Waals surface area contributed by atoms with E-state index in [1.807, 2.05) is 0 Å². The first-order valence-corrected chi connectivity index (χ1v) is 9.10. The first-order valence-electron chi connectivity index (χ1n) is 7.90. The molecule has 5 nitrogen and oxygen atoms in total. The lowest BCUT2D eigenvalue weighted by atomic mass is 10.1. The van der Waals surface area contributed by atoms with Gasteiger partial charge in [-0.25, -0.2) is 9.37 Å². The Balaban J connectivity index is 1.77. The normalized spacial score (nSPS) is 24.3. The predicted molar refractivity (Wildman–Crippen MR) is 92.9 cm³/mol. The van der Waals surface area contributed by atoms with Crippen molar-refractivity contribution in [2.45, 2.75) is 19.4 Å². The number of thiazole rings is 1. The zero-order valence-electron chi connectivity index (χ0n) is 13.3. The van der Waals surface area contributed by atoms with E-state index in [2.05, 4.69) is 4.98 Å². The number of fused-ring (bicyclic) bond motifs is 1. The standard InChI is InChI=1S/C17H15ClFN3O2S/c1-7-21-13(15(25-7)12-10(18)3-2-4-11(12)19)17(24)22-6-8-5-9(8)14(22)16(20)23/h2-4,8-9,14H,5-6H2,1H3,(H2,20,23)/t8-,9-,14-/m0/s1. The number of hydrogen-bond acceptors (Lipinski definition) is 4. The molecule has 2 aliphatic rings. The molecule has 1 aliphatic heterocycles. The number of carbonyl (C=O) groups is 2. The smallest absolute Gasteiger partial charge is 0.274 e. The summed E-state index contributed by atoms with van der Waals surface area (Å²) in [6.45, 7) is 2.23. The molecule has 2 heterocycles. The van der Waals surface area contributed by atoms with Gasteiger partial charge in [-0.15, -0.1) is 11.3 Å². The summed E-state index contributed by atoms with van der Waals surface area (Å²) in [5.41, 5.74) is 5.78. The van der Waals surface area contributed by atoms with Gasteiger partial charge >= 0.3 is 0 Å². The Hall–Kier alpha value is -1.99. The summed E-state index contributed by atoms with van der Waals surface area (Å²) in [6, 6.07) is 3.76. The van der Waals surface area contributed by atoms with Gasteiger partial charge in [0, 0.05) is 12.1 Å². The van der Waals surface area contributed by atoms with Gasteiger partial charge in [0.25, 0.3) is 5.91 Å². The van der Waals surface area contributed by atoms with E-state index >= 15 is 0 Å². The second kappa shape index (κ2) is 5.78. The molecule has 8 heteroatoms. The number of halogens is 2. The van der Waals surface area contributed by atoms with Crippen LogP contribution in [0.4, 0.5) is 4.39 Å². The van der Waals surface area contributed by atoms with Gasteiger partial charge in [-0.05, 0) is 37.3 Å². The number of nitrogens with two attached hydrogens (primary N) is 1. The van der Waals surface area contributed by atoms with E-state index < -0.39 is 23.7 Å². The van der Waals surface area contributed by atoms with Crippen LogP contribution in [0.15, 0.2) is 18.2 Å². The molecular formula is C17H15ClFN3O2S. The van der Waals surface area contributed by atoms with Crippen LogP contribution in [0.5, 0.6) is 0 Å². The number of primary amides is 1. The van der Waals surface area contributed by atoms with Crippen molar-refractivity contribution in [1.29, 1.82) is 0 Å². The highest BCUT2D eigenvalue weighted by Crippen LogP contribution is 2.50. The van der Waals surface area contributed by atoms with Crippen LogP contribution in [-0.2, 0) is 4.79 Å². The van der Waals surface area contributed by atoms with Crippen molar-refractivity contribution in [3.05, 3.63) is 39.7 Å². The number of likely N-dealkylation sites (tertiary alicyclic amines) is 1. The minimum Gasteiger partial charge on any atom is -0.368 e. The van der Waals surface area contributed by atoms with Crippen LogP contribution in [0, 0.1) is 24.6 Å². The molecular weight excluding hydrogens is 365 g/mol. The fraction of sp³-hybridized carbons (Fsp3) is 0.353. The molecule has 4 rings (SSSR count). The zero-order valence-corrected chi connectivity index (χ0v) is 14.9. The number of benzene rings is 1. The van der Waals surface area contributed by atoms with E-state index in [-0.39, 0.29) is 22.2 Å². The number of aromatic nitrogens is 1. The van der Waals surface area contributed by atoms with Crippen molar-refractivity contribution in [2.75, 3.05) is 6.54 Å². The molecule has 0 unspecified atom stereocenters. The molecule has 1 aliphatic carbocycles. The molecule has 1 saturated carbocycles. The number of hydrogen-bond donors (Lipinski definition) is 1. The first-order chi connectivity index (χ1) is 11.9. The summed E-state index contributed by atoms with van der Waals surface area (Å²) in [4.78, 5) is 31.0. The van der Waals surface area contributed by atoms with E-state index in [9.17, 15) is 14.0 Å². The highest BCUT2D eigenvalue weighted by molar-refractivity contribution is 7.15. The topological polar surface area (TPSA) is 76.3 Å². The largest absolute Gasteiger partial charge is 0.368 e. The van der Waals surface area contributed by atoms with Crippen LogP contribution in [0.3, 0.4) is 0 Å². The molecule has 25 heavy (non-hydrogen) atoms. The van der Waals surface area contributed by atoms with E-state index in [0.717, 1.165) is 6.42 Å². The molecule has 0 spiro atoms. The number of carbonyl (C=O) groups excluding carboxylic acids is 2. The van der Waals surface area contributed by atoms with Crippen molar-refractivity contribution in [3.8, 4) is 10.4 Å². The van der Waals surface area contributed by atoms with Gasteiger partial charge in [-0.1, -0.05) is 17.7 Å². The van der Waals surface area contributed by atoms with E-state index in [1.165, 1.54) is 28.4 Å². The predicted octanol–water partition coefficient (Wildman–Crippen LogP) is 2.86. The van der Waals surface area contributed by atoms with E-state index in [1.54, 1.807) is 13.0 Å². The Bertz CT molecular complexity index is 880. The van der Waals surface area contributed by atoms with Crippen molar-refractivity contribution in [3.63, 3.8) is 0 Å². The summed E-state index contributed by atoms with van der Waals surface area (Å²) in [5.74, 6) is -0.949. The summed E-state index contributed by atoms with van der Waals surface area (Å²) < 4.78 is 14.3. The fourth-order valence-electron chi connectivity index (χ4n) is 3.63. The molecule has 2 N–H and O–H groups in total. The Morgan fingerprint density at radius 1 is 1.44 bits per heavy atom.